The average Bonchev–Trinajstić information content (AvgIpc) is 2.42. The summed E-state index contributed by atoms with van der Waals surface area (Å²) in [7, 11) is 5.80. The van der Waals surface area contributed by atoms with Crippen molar-refractivity contribution in [3.8, 4) is 0 Å². The zero-order valence-electron chi connectivity index (χ0n) is 11.8. The van der Waals surface area contributed by atoms with Gasteiger partial charge in [-0.3, -0.25) is 0 Å². The maximum Gasteiger partial charge on any atom is 0.508 e. The predicted octanol–water partition coefficient (Wildman–Crippen LogP) is 1.16. The van der Waals surface area contributed by atoms with Crippen molar-refractivity contribution in [3.63, 3.8) is 0 Å². The van der Waals surface area contributed by atoms with Crippen LogP contribution in [0.4, 0.5) is 4.79 Å². The Bertz CT molecular complexity index is 222. The van der Waals surface area contributed by atoms with E-state index in [9.17, 15) is 4.79 Å². The van der Waals surface area contributed by atoms with Crippen LogP contribution in [-0.2, 0) is 28.4 Å². The Morgan fingerprint density at radius 3 is 1.28 bits per heavy atom. The molecule has 7 heteroatoms. The Hall–Kier alpha value is -0.890. The predicted molar refractivity (Wildman–Crippen MR) is 62.1 cm³/mol. The molecule has 0 aliphatic rings. The lowest BCUT2D eigenvalue weighted by molar-refractivity contribution is -0.227. The summed E-state index contributed by atoms with van der Waals surface area (Å²) in [5.41, 5.74) is 0. The van der Waals surface area contributed by atoms with Crippen LogP contribution in [0.25, 0.3) is 0 Å². The largest absolute Gasteiger partial charge is 0.508 e. The number of carbonyl (C=O) groups is 1. The Labute approximate surface area is 107 Å². The van der Waals surface area contributed by atoms with Gasteiger partial charge in [-0.1, -0.05) is 0 Å². The van der Waals surface area contributed by atoms with Crippen LogP contribution in [0.15, 0.2) is 0 Å². The Morgan fingerprint density at radius 2 is 1.06 bits per heavy atom. The standard InChI is InChI=1S/C11H22O7/c1-10(13-3,14-4)7-17-9(12)18-8-11(2,15-5)16-6/h7-8H2,1-6H3. The van der Waals surface area contributed by atoms with Crippen molar-refractivity contribution >= 4 is 6.16 Å². The van der Waals surface area contributed by atoms with E-state index in [0.29, 0.717) is 0 Å². The van der Waals surface area contributed by atoms with Gasteiger partial charge < -0.3 is 28.4 Å². The molecule has 0 heterocycles. The van der Waals surface area contributed by atoms with Gasteiger partial charge in [0.1, 0.15) is 13.2 Å². The summed E-state index contributed by atoms with van der Waals surface area (Å²) >= 11 is 0. The minimum atomic E-state index is -0.995. The molecule has 0 N–H and O–H groups in total. The maximum atomic E-state index is 11.3. The minimum Gasteiger partial charge on any atom is -0.429 e. The number of hydrogen-bond acceptors (Lipinski definition) is 7. The Kier molecular flexibility index (Phi) is 7.15. The van der Waals surface area contributed by atoms with Crippen molar-refractivity contribution in [3.05, 3.63) is 0 Å². The van der Waals surface area contributed by atoms with Gasteiger partial charge in [-0.2, -0.15) is 0 Å². The van der Waals surface area contributed by atoms with E-state index in [0.717, 1.165) is 0 Å². The van der Waals surface area contributed by atoms with Crippen molar-refractivity contribution in [2.24, 2.45) is 0 Å². The third-order valence-electron chi connectivity index (χ3n) is 2.63. The Balaban J connectivity index is 4.06. The monoisotopic (exact) mass is 266 g/mol. The highest BCUT2D eigenvalue weighted by molar-refractivity contribution is 5.59. The van der Waals surface area contributed by atoms with Crippen molar-refractivity contribution in [2.75, 3.05) is 41.7 Å². The molecule has 108 valence electrons. The maximum absolute atomic E-state index is 11.3. The fraction of sp³-hybridized carbons (Fsp3) is 0.909. The van der Waals surface area contributed by atoms with Crippen LogP contribution in [0.2, 0.25) is 0 Å². The summed E-state index contributed by atoms with van der Waals surface area (Å²) in [4.78, 5) is 11.3. The highest BCUT2D eigenvalue weighted by Gasteiger charge is 2.28. The second-order valence-electron chi connectivity index (χ2n) is 3.91. The van der Waals surface area contributed by atoms with E-state index < -0.39 is 17.7 Å². The lowest BCUT2D eigenvalue weighted by Crippen LogP contribution is -2.39. The highest BCUT2D eigenvalue weighted by atomic mass is 16.8. The van der Waals surface area contributed by atoms with E-state index in [1.165, 1.54) is 28.4 Å². The number of methoxy groups -OCH3 is 4. The molecule has 0 spiro atoms. The normalized spacial score (nSPS) is 12.3. The van der Waals surface area contributed by atoms with Crippen LogP contribution in [-0.4, -0.2) is 59.4 Å². The van der Waals surface area contributed by atoms with Gasteiger partial charge in [0, 0.05) is 28.4 Å². The molecule has 0 aliphatic carbocycles. The van der Waals surface area contributed by atoms with E-state index in [1.807, 2.05) is 0 Å². The first-order valence-electron chi connectivity index (χ1n) is 5.35. The van der Waals surface area contributed by atoms with Crippen LogP contribution >= 0.6 is 0 Å². The molecular weight excluding hydrogens is 244 g/mol. The molecule has 7 nitrogen and oxygen atoms in total. The second-order valence-corrected chi connectivity index (χ2v) is 3.91. The van der Waals surface area contributed by atoms with E-state index in [1.54, 1.807) is 13.8 Å². The van der Waals surface area contributed by atoms with Crippen molar-refractivity contribution in [1.82, 2.24) is 0 Å². The fourth-order valence-electron chi connectivity index (χ4n) is 0.824. The van der Waals surface area contributed by atoms with Crippen molar-refractivity contribution < 1.29 is 33.2 Å². The summed E-state index contributed by atoms with van der Waals surface area (Å²) < 4.78 is 29.8. The summed E-state index contributed by atoms with van der Waals surface area (Å²) in [6.07, 6.45) is -0.851. The summed E-state index contributed by atoms with van der Waals surface area (Å²) in [5.74, 6) is -1.99. The fourth-order valence-corrected chi connectivity index (χ4v) is 0.824. The first-order valence-corrected chi connectivity index (χ1v) is 5.35. The molecular formula is C11H22O7. The number of ether oxygens (including phenoxy) is 6. The lowest BCUT2D eigenvalue weighted by Gasteiger charge is -2.27. The molecule has 0 saturated carbocycles. The van der Waals surface area contributed by atoms with Gasteiger partial charge in [0.25, 0.3) is 0 Å². The number of rotatable bonds is 8. The van der Waals surface area contributed by atoms with Gasteiger partial charge in [0.15, 0.2) is 11.6 Å². The van der Waals surface area contributed by atoms with Crippen LogP contribution < -0.4 is 0 Å². The molecule has 0 bridgehead atoms. The number of carbonyl (C=O) groups excluding carboxylic acids is 1. The van der Waals surface area contributed by atoms with Crippen molar-refractivity contribution in [2.45, 2.75) is 25.4 Å². The average molecular weight is 266 g/mol. The summed E-state index contributed by atoms with van der Waals surface area (Å²) in [6, 6.07) is 0. The molecule has 0 fully saturated rings. The van der Waals surface area contributed by atoms with E-state index in [2.05, 4.69) is 0 Å². The first kappa shape index (κ1) is 17.1. The van der Waals surface area contributed by atoms with E-state index >= 15 is 0 Å². The van der Waals surface area contributed by atoms with E-state index in [-0.39, 0.29) is 13.2 Å². The highest BCUT2D eigenvalue weighted by Crippen LogP contribution is 2.13. The van der Waals surface area contributed by atoms with Crippen LogP contribution in [0.5, 0.6) is 0 Å². The lowest BCUT2D eigenvalue weighted by atomic mass is 10.3. The van der Waals surface area contributed by atoms with Crippen LogP contribution in [0.3, 0.4) is 0 Å². The molecule has 18 heavy (non-hydrogen) atoms. The quantitative estimate of drug-likeness (QED) is 0.482. The van der Waals surface area contributed by atoms with Gasteiger partial charge in [0.2, 0.25) is 0 Å². The second kappa shape index (κ2) is 7.52. The van der Waals surface area contributed by atoms with Crippen LogP contribution in [0.1, 0.15) is 13.8 Å². The van der Waals surface area contributed by atoms with Gasteiger partial charge in [-0.15, -0.1) is 0 Å². The zero-order chi connectivity index (χ0) is 14.2. The molecule has 0 rings (SSSR count). The third kappa shape index (κ3) is 5.63. The topological polar surface area (TPSA) is 72.5 Å². The Morgan fingerprint density at radius 1 is 0.778 bits per heavy atom. The SMILES string of the molecule is COC(C)(COC(=O)OCC(C)(OC)OC)OC. The third-order valence-corrected chi connectivity index (χ3v) is 2.63. The molecule has 0 aliphatic heterocycles. The molecule has 0 saturated heterocycles. The summed E-state index contributed by atoms with van der Waals surface area (Å²) in [6.45, 7) is 3.09. The molecule has 0 unspecified atom stereocenters. The minimum absolute atomic E-state index is 0.0878. The molecule has 0 radical (unpaired) electrons. The van der Waals surface area contributed by atoms with Crippen molar-refractivity contribution in [1.29, 1.82) is 0 Å². The molecule has 0 aromatic heterocycles. The first-order chi connectivity index (χ1) is 8.34. The molecule has 0 aromatic rings. The van der Waals surface area contributed by atoms with Gasteiger partial charge in [0.05, 0.1) is 0 Å². The molecule has 0 atom stereocenters. The molecule has 0 amide bonds. The smallest absolute Gasteiger partial charge is 0.429 e. The van der Waals surface area contributed by atoms with Gasteiger partial charge in [-0.25, -0.2) is 4.79 Å². The van der Waals surface area contributed by atoms with Gasteiger partial charge in [-0.05, 0) is 13.8 Å². The van der Waals surface area contributed by atoms with E-state index in [4.69, 9.17) is 28.4 Å². The van der Waals surface area contributed by atoms with Crippen LogP contribution in [0, 0.1) is 0 Å². The molecule has 0 aromatic carbocycles. The summed E-state index contributed by atoms with van der Waals surface area (Å²) in [5, 5.41) is 0. The zero-order valence-corrected chi connectivity index (χ0v) is 11.8. The number of hydrogen-bond donors (Lipinski definition) is 0. The van der Waals surface area contributed by atoms with Gasteiger partial charge >= 0.3 is 6.16 Å².